The summed E-state index contributed by atoms with van der Waals surface area (Å²) in [7, 11) is 0. The Morgan fingerprint density at radius 1 is 1.09 bits per heavy atom. The number of nitrogens with zero attached hydrogens (tertiary/aromatic N) is 1. The highest BCUT2D eigenvalue weighted by Gasteiger charge is 2.31. The third-order valence-electron chi connectivity index (χ3n) is 6.27. The summed E-state index contributed by atoms with van der Waals surface area (Å²) in [6, 6.07) is 10.4. The molecule has 0 spiro atoms. The van der Waals surface area contributed by atoms with Gasteiger partial charge in [0.05, 0.1) is 11.0 Å². The molecule has 5 nitrogen and oxygen atoms in total. The topological polar surface area (TPSA) is 59.0 Å². The van der Waals surface area contributed by atoms with Gasteiger partial charge in [0.25, 0.3) is 0 Å². The summed E-state index contributed by atoms with van der Waals surface area (Å²) in [5.41, 5.74) is 1.47. The van der Waals surface area contributed by atoms with Crippen LogP contribution in [0.25, 0.3) is 5.57 Å². The van der Waals surface area contributed by atoms with Gasteiger partial charge in [0.15, 0.2) is 0 Å². The number of halogens is 3. The largest absolute Gasteiger partial charge is 0.492 e. The highest BCUT2D eigenvalue weighted by Crippen LogP contribution is 2.41. The summed E-state index contributed by atoms with van der Waals surface area (Å²) in [6.45, 7) is 6.12. The lowest BCUT2D eigenvalue weighted by Gasteiger charge is -2.28. The highest BCUT2D eigenvalue weighted by molar-refractivity contribution is 5.87. The van der Waals surface area contributed by atoms with E-state index >= 15 is 0 Å². The van der Waals surface area contributed by atoms with Crippen molar-refractivity contribution in [2.75, 3.05) is 32.8 Å². The van der Waals surface area contributed by atoms with Gasteiger partial charge in [-0.25, -0.2) is 0 Å². The molecule has 0 bridgehead atoms. The van der Waals surface area contributed by atoms with E-state index in [1.165, 1.54) is 12.1 Å². The molecule has 0 unspecified atom stereocenters. The Balaban J connectivity index is 1.72. The minimum atomic E-state index is -4.41. The fourth-order valence-electron chi connectivity index (χ4n) is 4.19. The van der Waals surface area contributed by atoms with Crippen LogP contribution in [-0.4, -0.2) is 48.8 Å². The zero-order chi connectivity index (χ0) is 24.5. The van der Waals surface area contributed by atoms with Crippen molar-refractivity contribution in [3.8, 4) is 11.5 Å². The Hall–Kier alpha value is -3.00. The Morgan fingerprint density at radius 2 is 1.76 bits per heavy atom. The minimum absolute atomic E-state index is 0.0259. The summed E-state index contributed by atoms with van der Waals surface area (Å²) in [6.07, 6.45) is -2.16. The molecule has 1 saturated heterocycles. The number of ether oxygens (including phenoxy) is 2. The molecule has 34 heavy (non-hydrogen) atoms. The second-order valence-electron chi connectivity index (χ2n) is 9.46. The zero-order valence-electron chi connectivity index (χ0n) is 19.2. The number of likely N-dealkylation sites (tertiary alicyclic amines) is 1. The SMILES string of the molecule is CC(C)(COc1ccc2c(c1)C(c1ccc(C(F)(F)F)cc1)=C(CN1CCCC1)CO2)C(=O)O. The fourth-order valence-corrected chi connectivity index (χ4v) is 4.19. The lowest BCUT2D eigenvalue weighted by molar-refractivity contribution is -0.148. The second kappa shape index (κ2) is 9.33. The van der Waals surface area contributed by atoms with Crippen molar-refractivity contribution in [3.05, 3.63) is 64.7 Å². The van der Waals surface area contributed by atoms with Crippen molar-refractivity contribution < 1.29 is 32.5 Å². The van der Waals surface area contributed by atoms with E-state index in [9.17, 15) is 23.1 Å². The number of fused-ring (bicyclic) bond motifs is 1. The average Bonchev–Trinajstić information content (AvgIpc) is 3.30. The molecule has 182 valence electrons. The van der Waals surface area contributed by atoms with Crippen molar-refractivity contribution in [3.63, 3.8) is 0 Å². The fraction of sp³-hybridized carbons (Fsp3) is 0.423. The molecule has 0 radical (unpaired) electrons. The van der Waals surface area contributed by atoms with Crippen LogP contribution in [0.2, 0.25) is 0 Å². The van der Waals surface area contributed by atoms with Crippen molar-refractivity contribution >= 4 is 11.5 Å². The van der Waals surface area contributed by atoms with Crippen LogP contribution in [0, 0.1) is 5.41 Å². The molecule has 0 amide bonds. The maximum Gasteiger partial charge on any atom is 0.416 e. The van der Waals surface area contributed by atoms with Crippen molar-refractivity contribution in [1.82, 2.24) is 4.90 Å². The second-order valence-corrected chi connectivity index (χ2v) is 9.46. The van der Waals surface area contributed by atoms with Crippen LogP contribution < -0.4 is 9.47 Å². The van der Waals surface area contributed by atoms with Gasteiger partial charge in [-0.2, -0.15) is 13.2 Å². The number of carboxylic acids is 1. The zero-order valence-corrected chi connectivity index (χ0v) is 19.2. The average molecular weight is 476 g/mol. The monoisotopic (exact) mass is 475 g/mol. The van der Waals surface area contributed by atoms with Crippen LogP contribution in [-0.2, 0) is 11.0 Å². The lowest BCUT2D eigenvalue weighted by Crippen LogP contribution is -2.30. The third-order valence-corrected chi connectivity index (χ3v) is 6.27. The molecule has 0 atom stereocenters. The molecule has 8 heteroatoms. The van der Waals surface area contributed by atoms with Crippen molar-refractivity contribution in [1.29, 1.82) is 0 Å². The molecular weight excluding hydrogens is 447 g/mol. The van der Waals surface area contributed by atoms with Crippen molar-refractivity contribution in [2.45, 2.75) is 32.9 Å². The molecule has 0 saturated carbocycles. The number of hydrogen-bond acceptors (Lipinski definition) is 4. The molecular formula is C26H28F3NO4. The number of hydrogen-bond donors (Lipinski definition) is 1. The summed E-state index contributed by atoms with van der Waals surface area (Å²) < 4.78 is 51.2. The standard InChI is InChI=1S/C26H28F3NO4/c1-25(2,24(31)32)16-34-20-9-10-22-21(13-20)23(17-5-7-19(8-6-17)26(27,28)29)18(15-33-22)14-30-11-3-4-12-30/h5-10,13H,3-4,11-12,14-16H2,1-2H3,(H,31,32). The number of aliphatic carboxylic acids is 1. The maximum atomic E-state index is 13.1. The van der Waals surface area contributed by atoms with E-state index in [0.717, 1.165) is 54.8 Å². The Kier molecular flexibility index (Phi) is 6.62. The maximum absolute atomic E-state index is 13.1. The predicted octanol–water partition coefficient (Wildman–Crippen LogP) is 5.49. The first kappa shape index (κ1) is 24.1. The molecule has 2 aromatic carbocycles. The smallest absolute Gasteiger partial charge is 0.416 e. The number of rotatable bonds is 7. The van der Waals surface area contributed by atoms with Gasteiger partial charge < -0.3 is 14.6 Å². The molecule has 4 rings (SSSR count). The molecule has 1 N–H and O–H groups in total. The number of alkyl halides is 3. The first-order chi connectivity index (χ1) is 16.0. The first-order valence-electron chi connectivity index (χ1n) is 11.3. The Bertz CT molecular complexity index is 1080. The normalized spacial score (nSPS) is 16.9. The van der Waals surface area contributed by atoms with Gasteiger partial charge >= 0.3 is 12.1 Å². The molecule has 2 aromatic rings. The summed E-state index contributed by atoms with van der Waals surface area (Å²) in [5.74, 6) is 0.125. The van der Waals surface area contributed by atoms with Crippen LogP contribution in [0.5, 0.6) is 11.5 Å². The lowest BCUT2D eigenvalue weighted by atomic mass is 9.90. The van der Waals surface area contributed by atoms with E-state index in [0.29, 0.717) is 30.2 Å². The van der Waals surface area contributed by atoms with Gasteiger partial charge in [0.1, 0.15) is 24.7 Å². The number of carbonyl (C=O) groups is 1. The van der Waals surface area contributed by atoms with Gasteiger partial charge in [0, 0.05) is 12.1 Å². The minimum Gasteiger partial charge on any atom is -0.492 e. The van der Waals surface area contributed by atoms with Crippen molar-refractivity contribution in [2.24, 2.45) is 5.41 Å². The van der Waals surface area contributed by atoms with E-state index in [4.69, 9.17) is 9.47 Å². The van der Waals surface area contributed by atoms with Gasteiger partial charge in [-0.05, 0) is 86.8 Å². The van der Waals surface area contributed by atoms with Crippen LogP contribution in [0.3, 0.4) is 0 Å². The predicted molar refractivity (Wildman–Crippen MR) is 122 cm³/mol. The third kappa shape index (κ3) is 5.22. The summed E-state index contributed by atoms with van der Waals surface area (Å²) in [4.78, 5) is 13.7. The van der Waals surface area contributed by atoms with Gasteiger partial charge in [0.2, 0.25) is 0 Å². The number of benzene rings is 2. The highest BCUT2D eigenvalue weighted by atomic mass is 19.4. The van der Waals surface area contributed by atoms with E-state index < -0.39 is 23.1 Å². The van der Waals surface area contributed by atoms with Crippen LogP contribution in [0.15, 0.2) is 48.0 Å². The van der Waals surface area contributed by atoms with Gasteiger partial charge in [-0.15, -0.1) is 0 Å². The van der Waals surface area contributed by atoms with Crippen LogP contribution >= 0.6 is 0 Å². The molecule has 2 aliphatic rings. The van der Waals surface area contributed by atoms with Crippen LogP contribution in [0.4, 0.5) is 13.2 Å². The first-order valence-corrected chi connectivity index (χ1v) is 11.3. The van der Waals surface area contributed by atoms with E-state index in [1.54, 1.807) is 32.0 Å². The molecule has 0 aromatic heterocycles. The van der Waals surface area contributed by atoms with E-state index in [-0.39, 0.29) is 6.61 Å². The van der Waals surface area contributed by atoms with Gasteiger partial charge in [-0.3, -0.25) is 9.69 Å². The summed E-state index contributed by atoms with van der Waals surface area (Å²) >= 11 is 0. The number of carboxylic acid groups (broad SMARTS) is 1. The summed E-state index contributed by atoms with van der Waals surface area (Å²) in [5, 5.41) is 9.36. The molecule has 2 heterocycles. The van der Waals surface area contributed by atoms with E-state index in [2.05, 4.69) is 4.90 Å². The molecule has 2 aliphatic heterocycles. The van der Waals surface area contributed by atoms with E-state index in [1.807, 2.05) is 0 Å². The van der Waals surface area contributed by atoms with Crippen LogP contribution in [0.1, 0.15) is 43.4 Å². The Morgan fingerprint density at radius 3 is 2.38 bits per heavy atom. The quantitative estimate of drug-likeness (QED) is 0.574. The van der Waals surface area contributed by atoms with Gasteiger partial charge in [-0.1, -0.05) is 12.1 Å². The molecule has 1 fully saturated rings. The molecule has 0 aliphatic carbocycles. The Labute approximate surface area is 196 Å².